The van der Waals surface area contributed by atoms with Crippen LogP contribution >= 0.6 is 0 Å². The van der Waals surface area contributed by atoms with Gasteiger partial charge in [0.1, 0.15) is 0 Å². The Morgan fingerprint density at radius 3 is 2.25 bits per heavy atom. The van der Waals surface area contributed by atoms with Crippen LogP contribution in [0.5, 0.6) is 0 Å². The smallest absolute Gasteiger partial charge is 0.00999 e. The van der Waals surface area contributed by atoms with Crippen LogP contribution in [0.2, 0.25) is 0 Å². The minimum atomic E-state index is 0.527. The second-order valence-corrected chi connectivity index (χ2v) is 6.57. The summed E-state index contributed by atoms with van der Waals surface area (Å²) in [7, 11) is 0. The van der Waals surface area contributed by atoms with Crippen molar-refractivity contribution in [3.8, 4) is 0 Å². The summed E-state index contributed by atoms with van der Waals surface area (Å²) < 4.78 is 0. The zero-order chi connectivity index (χ0) is 11.4. The molecule has 16 heavy (non-hydrogen) atoms. The summed E-state index contributed by atoms with van der Waals surface area (Å²) in [4.78, 5) is 0. The molecule has 86 valence electrons. The van der Waals surface area contributed by atoms with Crippen molar-refractivity contribution in [3.05, 3.63) is 35.9 Å². The lowest BCUT2D eigenvalue weighted by atomic mass is 9.65. The molecule has 1 aromatic rings. The molecular formula is C16H22. The Hall–Kier alpha value is -0.780. The lowest BCUT2D eigenvalue weighted by Crippen LogP contribution is -2.31. The largest absolute Gasteiger partial charge is 0.0622 e. The number of fused-ring (bicyclic) bond motifs is 2. The molecule has 3 rings (SSSR count). The van der Waals surface area contributed by atoms with E-state index in [4.69, 9.17) is 0 Å². The Bertz CT molecular complexity index is 390. The molecule has 0 heterocycles. The van der Waals surface area contributed by atoms with Gasteiger partial charge >= 0.3 is 0 Å². The van der Waals surface area contributed by atoms with E-state index in [0.717, 1.165) is 11.8 Å². The summed E-state index contributed by atoms with van der Waals surface area (Å²) in [6, 6.07) is 11.2. The quantitative estimate of drug-likeness (QED) is 0.640. The highest BCUT2D eigenvalue weighted by Gasteiger charge is 2.61. The summed E-state index contributed by atoms with van der Waals surface area (Å²) in [6.07, 6.45) is 4.28. The van der Waals surface area contributed by atoms with Crippen LogP contribution in [0.1, 0.15) is 51.5 Å². The van der Waals surface area contributed by atoms with Gasteiger partial charge < -0.3 is 0 Å². The molecule has 0 saturated heterocycles. The molecule has 3 atom stereocenters. The van der Waals surface area contributed by atoms with Gasteiger partial charge in [-0.3, -0.25) is 0 Å². The highest BCUT2D eigenvalue weighted by Crippen LogP contribution is 2.70. The SMILES string of the molecule is CC1(C)[C@@H]2CC[C@]1(C)[C@H](c1ccccc1)C2. The van der Waals surface area contributed by atoms with Crippen LogP contribution in [0.3, 0.4) is 0 Å². The molecule has 0 aromatic heterocycles. The highest BCUT2D eigenvalue weighted by atomic mass is 14.6. The molecule has 0 unspecified atom stereocenters. The van der Waals surface area contributed by atoms with Crippen LogP contribution in [0.4, 0.5) is 0 Å². The van der Waals surface area contributed by atoms with E-state index in [9.17, 15) is 0 Å². The van der Waals surface area contributed by atoms with Crippen molar-refractivity contribution < 1.29 is 0 Å². The third-order valence-electron chi connectivity index (χ3n) is 6.00. The standard InChI is InChI=1S/C16H22/c1-15(2)13-9-10-16(15,3)14(11-13)12-7-5-4-6-8-12/h4-8,13-14H,9-11H2,1-3H3/t13-,14+,16-/m1/s1. The van der Waals surface area contributed by atoms with Gasteiger partial charge in [0, 0.05) is 0 Å². The summed E-state index contributed by atoms with van der Waals surface area (Å²) >= 11 is 0. The van der Waals surface area contributed by atoms with Crippen molar-refractivity contribution in [2.45, 2.75) is 46.0 Å². The van der Waals surface area contributed by atoms with E-state index in [-0.39, 0.29) is 0 Å². The van der Waals surface area contributed by atoms with Gasteiger partial charge in [-0.25, -0.2) is 0 Å². The monoisotopic (exact) mass is 214 g/mol. The fraction of sp³-hybridized carbons (Fsp3) is 0.625. The Balaban J connectivity index is 2.02. The molecule has 2 fully saturated rings. The topological polar surface area (TPSA) is 0 Å². The van der Waals surface area contributed by atoms with Crippen molar-refractivity contribution in [1.29, 1.82) is 0 Å². The van der Waals surface area contributed by atoms with E-state index >= 15 is 0 Å². The molecular weight excluding hydrogens is 192 g/mol. The first-order valence-corrected chi connectivity index (χ1v) is 6.61. The molecule has 0 aliphatic heterocycles. The van der Waals surface area contributed by atoms with Gasteiger partial charge in [-0.05, 0) is 47.5 Å². The molecule has 0 nitrogen and oxygen atoms in total. The van der Waals surface area contributed by atoms with E-state index in [1.165, 1.54) is 19.3 Å². The molecule has 2 saturated carbocycles. The van der Waals surface area contributed by atoms with Gasteiger partial charge in [0.25, 0.3) is 0 Å². The lowest BCUT2D eigenvalue weighted by molar-refractivity contribution is 0.134. The summed E-state index contributed by atoms with van der Waals surface area (Å²) in [5.74, 6) is 1.74. The third-order valence-corrected chi connectivity index (χ3v) is 6.00. The first kappa shape index (κ1) is 10.4. The number of hydrogen-bond acceptors (Lipinski definition) is 0. The van der Waals surface area contributed by atoms with E-state index in [1.807, 2.05) is 0 Å². The zero-order valence-electron chi connectivity index (χ0n) is 10.7. The fourth-order valence-electron chi connectivity index (χ4n) is 4.39. The molecule has 2 aliphatic rings. The predicted octanol–water partition coefficient (Wildman–Crippen LogP) is 4.62. The Morgan fingerprint density at radius 1 is 1.06 bits per heavy atom. The Labute approximate surface area is 99.1 Å². The first-order chi connectivity index (χ1) is 7.56. The number of hydrogen-bond donors (Lipinski definition) is 0. The van der Waals surface area contributed by atoms with Crippen molar-refractivity contribution in [1.82, 2.24) is 0 Å². The lowest BCUT2D eigenvalue weighted by Gasteiger charge is -2.39. The molecule has 0 spiro atoms. The average molecular weight is 214 g/mol. The first-order valence-electron chi connectivity index (χ1n) is 6.61. The van der Waals surface area contributed by atoms with Crippen LogP contribution in [0.25, 0.3) is 0 Å². The fourth-order valence-corrected chi connectivity index (χ4v) is 4.39. The minimum absolute atomic E-state index is 0.527. The maximum absolute atomic E-state index is 2.53. The molecule has 0 N–H and O–H groups in total. The maximum atomic E-state index is 2.53. The normalized spacial score (nSPS) is 40.2. The third kappa shape index (κ3) is 1.11. The molecule has 2 bridgehead atoms. The van der Waals surface area contributed by atoms with Gasteiger partial charge in [-0.2, -0.15) is 0 Å². The van der Waals surface area contributed by atoms with E-state index in [1.54, 1.807) is 5.56 Å². The Kier molecular flexibility index (Phi) is 2.02. The van der Waals surface area contributed by atoms with Gasteiger partial charge in [0.15, 0.2) is 0 Å². The zero-order valence-corrected chi connectivity index (χ0v) is 10.7. The van der Waals surface area contributed by atoms with Crippen molar-refractivity contribution in [3.63, 3.8) is 0 Å². The van der Waals surface area contributed by atoms with Crippen molar-refractivity contribution in [2.75, 3.05) is 0 Å². The number of benzene rings is 1. The summed E-state index contributed by atoms with van der Waals surface area (Å²) in [5.41, 5.74) is 2.63. The Morgan fingerprint density at radius 2 is 1.75 bits per heavy atom. The molecule has 0 heteroatoms. The van der Waals surface area contributed by atoms with E-state index in [0.29, 0.717) is 10.8 Å². The van der Waals surface area contributed by atoms with Gasteiger partial charge in [0.05, 0.1) is 0 Å². The van der Waals surface area contributed by atoms with Crippen LogP contribution in [0.15, 0.2) is 30.3 Å². The molecule has 2 aliphatic carbocycles. The van der Waals surface area contributed by atoms with Crippen LogP contribution in [-0.2, 0) is 0 Å². The maximum Gasteiger partial charge on any atom is -0.00999 e. The molecule has 0 amide bonds. The van der Waals surface area contributed by atoms with Gasteiger partial charge in [-0.15, -0.1) is 0 Å². The second-order valence-electron chi connectivity index (χ2n) is 6.57. The molecule has 0 radical (unpaired) electrons. The second kappa shape index (κ2) is 3.12. The predicted molar refractivity (Wildman–Crippen MR) is 68.4 cm³/mol. The molecule has 1 aromatic carbocycles. The number of rotatable bonds is 1. The van der Waals surface area contributed by atoms with Crippen LogP contribution in [-0.4, -0.2) is 0 Å². The average Bonchev–Trinajstić information content (AvgIpc) is 2.62. The van der Waals surface area contributed by atoms with Crippen LogP contribution in [0, 0.1) is 16.7 Å². The van der Waals surface area contributed by atoms with Crippen LogP contribution < -0.4 is 0 Å². The van der Waals surface area contributed by atoms with Crippen molar-refractivity contribution >= 4 is 0 Å². The van der Waals surface area contributed by atoms with Gasteiger partial charge in [-0.1, -0.05) is 51.1 Å². The minimum Gasteiger partial charge on any atom is -0.0622 e. The van der Waals surface area contributed by atoms with Crippen molar-refractivity contribution in [2.24, 2.45) is 16.7 Å². The van der Waals surface area contributed by atoms with E-state index < -0.39 is 0 Å². The van der Waals surface area contributed by atoms with E-state index in [2.05, 4.69) is 51.1 Å². The highest BCUT2D eigenvalue weighted by molar-refractivity contribution is 5.28. The summed E-state index contributed by atoms with van der Waals surface area (Å²) in [5, 5.41) is 0. The summed E-state index contributed by atoms with van der Waals surface area (Å²) in [6.45, 7) is 7.51. The van der Waals surface area contributed by atoms with Gasteiger partial charge in [0.2, 0.25) is 0 Å².